The van der Waals surface area contributed by atoms with Crippen LogP contribution in [0.4, 0.5) is 11.5 Å². The standard InChI is InChI=1S/C23H31N5O3S/c1-17-9-13-27(14-10-17)22-8-7-21(25-26-22)18-3-5-20(6-4-18)24-23(29)19-11-15-28(16-12-19)32(2,30)31/h3-8,17,19H,9-16H2,1-2H3,(H,24,29). The molecular weight excluding hydrogens is 426 g/mol. The lowest BCUT2D eigenvalue weighted by Crippen LogP contribution is -2.40. The largest absolute Gasteiger partial charge is 0.355 e. The number of piperidine rings is 2. The molecule has 0 aliphatic carbocycles. The van der Waals surface area contributed by atoms with Crippen molar-refractivity contribution < 1.29 is 13.2 Å². The van der Waals surface area contributed by atoms with E-state index in [1.807, 2.05) is 36.4 Å². The summed E-state index contributed by atoms with van der Waals surface area (Å²) in [6.07, 6.45) is 4.66. The molecule has 2 aromatic rings. The fourth-order valence-corrected chi connectivity index (χ4v) is 5.18. The molecule has 0 bridgehead atoms. The van der Waals surface area contributed by atoms with Gasteiger partial charge in [0.1, 0.15) is 0 Å². The van der Waals surface area contributed by atoms with Crippen LogP contribution in [-0.4, -0.2) is 61.3 Å². The van der Waals surface area contributed by atoms with Crippen molar-refractivity contribution in [3.63, 3.8) is 0 Å². The Morgan fingerprint density at radius 2 is 1.59 bits per heavy atom. The van der Waals surface area contributed by atoms with Gasteiger partial charge in [0, 0.05) is 43.3 Å². The second-order valence-electron chi connectivity index (χ2n) is 8.95. The van der Waals surface area contributed by atoms with Gasteiger partial charge in [0.05, 0.1) is 11.9 Å². The summed E-state index contributed by atoms with van der Waals surface area (Å²) in [4.78, 5) is 14.9. The van der Waals surface area contributed by atoms with E-state index in [9.17, 15) is 13.2 Å². The molecular formula is C23H31N5O3S. The van der Waals surface area contributed by atoms with Crippen LogP contribution in [0.15, 0.2) is 36.4 Å². The monoisotopic (exact) mass is 457 g/mol. The van der Waals surface area contributed by atoms with Crippen LogP contribution in [0.5, 0.6) is 0 Å². The van der Waals surface area contributed by atoms with Gasteiger partial charge in [0.15, 0.2) is 5.82 Å². The van der Waals surface area contributed by atoms with Crippen molar-refractivity contribution in [1.82, 2.24) is 14.5 Å². The van der Waals surface area contributed by atoms with Crippen molar-refractivity contribution in [2.45, 2.75) is 32.6 Å². The van der Waals surface area contributed by atoms with E-state index in [0.29, 0.717) is 25.9 Å². The van der Waals surface area contributed by atoms with Gasteiger partial charge < -0.3 is 10.2 Å². The summed E-state index contributed by atoms with van der Waals surface area (Å²) >= 11 is 0. The maximum absolute atomic E-state index is 12.6. The number of nitrogens with one attached hydrogen (secondary N) is 1. The summed E-state index contributed by atoms with van der Waals surface area (Å²) < 4.78 is 24.7. The van der Waals surface area contributed by atoms with Crippen LogP contribution in [0.1, 0.15) is 32.6 Å². The Bertz CT molecular complexity index is 1020. The molecule has 0 spiro atoms. The van der Waals surface area contributed by atoms with Gasteiger partial charge in [-0.1, -0.05) is 19.1 Å². The summed E-state index contributed by atoms with van der Waals surface area (Å²) in [6.45, 7) is 5.12. The highest BCUT2D eigenvalue weighted by Crippen LogP contribution is 2.25. The molecule has 1 aromatic heterocycles. The Labute approximate surface area is 190 Å². The Morgan fingerprint density at radius 3 is 2.16 bits per heavy atom. The molecule has 3 heterocycles. The first-order valence-electron chi connectivity index (χ1n) is 11.2. The number of rotatable bonds is 5. The lowest BCUT2D eigenvalue weighted by Gasteiger charge is -2.30. The third kappa shape index (κ3) is 5.45. The van der Waals surface area contributed by atoms with Crippen LogP contribution in [0.3, 0.4) is 0 Å². The van der Waals surface area contributed by atoms with Crippen molar-refractivity contribution in [3.8, 4) is 11.3 Å². The molecule has 172 valence electrons. The molecule has 2 aliphatic heterocycles. The van der Waals surface area contributed by atoms with Crippen LogP contribution in [0, 0.1) is 11.8 Å². The molecule has 2 saturated heterocycles. The molecule has 2 fully saturated rings. The number of carbonyl (C=O) groups is 1. The number of carbonyl (C=O) groups excluding carboxylic acids is 1. The Hall–Kier alpha value is -2.52. The topological polar surface area (TPSA) is 95.5 Å². The Kier molecular flexibility index (Phi) is 6.76. The van der Waals surface area contributed by atoms with Crippen LogP contribution >= 0.6 is 0 Å². The van der Waals surface area contributed by atoms with E-state index >= 15 is 0 Å². The van der Waals surface area contributed by atoms with Crippen LogP contribution in [-0.2, 0) is 14.8 Å². The maximum atomic E-state index is 12.6. The van der Waals surface area contributed by atoms with Gasteiger partial charge >= 0.3 is 0 Å². The predicted molar refractivity (Wildman–Crippen MR) is 126 cm³/mol. The number of nitrogens with zero attached hydrogens (tertiary/aromatic N) is 4. The Balaban J connectivity index is 1.33. The number of amides is 1. The van der Waals surface area contributed by atoms with E-state index in [0.717, 1.165) is 41.8 Å². The number of aromatic nitrogens is 2. The average Bonchev–Trinajstić information content (AvgIpc) is 2.80. The molecule has 8 nitrogen and oxygen atoms in total. The molecule has 1 aromatic carbocycles. The fraction of sp³-hybridized carbons (Fsp3) is 0.522. The molecule has 0 unspecified atom stereocenters. The number of sulfonamides is 1. The van der Waals surface area contributed by atoms with Crippen molar-refractivity contribution in [3.05, 3.63) is 36.4 Å². The van der Waals surface area contributed by atoms with Crippen molar-refractivity contribution >= 4 is 27.4 Å². The van der Waals surface area contributed by atoms with Gasteiger partial charge in [-0.3, -0.25) is 4.79 Å². The summed E-state index contributed by atoms with van der Waals surface area (Å²) in [5, 5.41) is 11.8. The Morgan fingerprint density at radius 1 is 0.938 bits per heavy atom. The number of hydrogen-bond acceptors (Lipinski definition) is 6. The summed E-state index contributed by atoms with van der Waals surface area (Å²) in [6, 6.07) is 11.6. The lowest BCUT2D eigenvalue weighted by molar-refractivity contribution is -0.120. The zero-order valence-electron chi connectivity index (χ0n) is 18.7. The first-order valence-corrected chi connectivity index (χ1v) is 13.1. The smallest absolute Gasteiger partial charge is 0.227 e. The summed E-state index contributed by atoms with van der Waals surface area (Å²) in [7, 11) is -3.19. The van der Waals surface area contributed by atoms with Gasteiger partial charge in [0.2, 0.25) is 15.9 Å². The van der Waals surface area contributed by atoms with Gasteiger partial charge in [-0.25, -0.2) is 12.7 Å². The minimum atomic E-state index is -3.19. The predicted octanol–water partition coefficient (Wildman–Crippen LogP) is 2.99. The number of benzene rings is 1. The van der Waals surface area contributed by atoms with E-state index < -0.39 is 10.0 Å². The highest BCUT2D eigenvalue weighted by molar-refractivity contribution is 7.88. The van der Waals surface area contributed by atoms with E-state index in [1.165, 1.54) is 23.4 Å². The van der Waals surface area contributed by atoms with Crippen LogP contribution < -0.4 is 10.2 Å². The second-order valence-corrected chi connectivity index (χ2v) is 10.9. The van der Waals surface area contributed by atoms with Gasteiger partial charge in [0.25, 0.3) is 0 Å². The third-order valence-corrected chi connectivity index (χ3v) is 7.80. The van der Waals surface area contributed by atoms with Crippen molar-refractivity contribution in [2.24, 2.45) is 11.8 Å². The van der Waals surface area contributed by atoms with E-state index in [-0.39, 0.29) is 11.8 Å². The summed E-state index contributed by atoms with van der Waals surface area (Å²) in [5.74, 6) is 1.46. The van der Waals surface area contributed by atoms with E-state index in [2.05, 4.69) is 27.3 Å². The van der Waals surface area contributed by atoms with Gasteiger partial charge in [-0.2, -0.15) is 0 Å². The number of anilines is 2. The third-order valence-electron chi connectivity index (χ3n) is 6.50. The van der Waals surface area contributed by atoms with Crippen LogP contribution in [0.25, 0.3) is 11.3 Å². The molecule has 32 heavy (non-hydrogen) atoms. The molecule has 4 rings (SSSR count). The lowest BCUT2D eigenvalue weighted by atomic mass is 9.97. The van der Waals surface area contributed by atoms with Gasteiger partial charge in [-0.15, -0.1) is 10.2 Å². The first kappa shape index (κ1) is 22.7. The number of hydrogen-bond donors (Lipinski definition) is 1. The minimum Gasteiger partial charge on any atom is -0.355 e. The molecule has 1 amide bonds. The second kappa shape index (κ2) is 9.54. The molecule has 2 aliphatic rings. The average molecular weight is 458 g/mol. The SMILES string of the molecule is CC1CCN(c2ccc(-c3ccc(NC(=O)C4CCN(S(C)(=O)=O)CC4)cc3)nn2)CC1. The van der Waals surface area contributed by atoms with E-state index in [4.69, 9.17) is 0 Å². The molecule has 0 saturated carbocycles. The van der Waals surface area contributed by atoms with Gasteiger partial charge in [-0.05, 0) is 55.9 Å². The van der Waals surface area contributed by atoms with Crippen molar-refractivity contribution in [2.75, 3.05) is 42.7 Å². The molecule has 0 radical (unpaired) electrons. The molecule has 0 atom stereocenters. The maximum Gasteiger partial charge on any atom is 0.227 e. The fourth-order valence-electron chi connectivity index (χ4n) is 4.30. The normalized spacial score (nSPS) is 19.1. The molecule has 9 heteroatoms. The zero-order chi connectivity index (χ0) is 22.7. The quantitative estimate of drug-likeness (QED) is 0.742. The van der Waals surface area contributed by atoms with Crippen molar-refractivity contribution in [1.29, 1.82) is 0 Å². The highest BCUT2D eigenvalue weighted by atomic mass is 32.2. The highest BCUT2D eigenvalue weighted by Gasteiger charge is 2.29. The molecule has 1 N–H and O–H groups in total. The first-order chi connectivity index (χ1) is 15.3. The minimum absolute atomic E-state index is 0.0640. The van der Waals surface area contributed by atoms with E-state index in [1.54, 1.807) is 0 Å². The van der Waals surface area contributed by atoms with Crippen LogP contribution in [0.2, 0.25) is 0 Å². The summed E-state index contributed by atoms with van der Waals surface area (Å²) in [5.41, 5.74) is 2.46. The zero-order valence-corrected chi connectivity index (χ0v) is 19.5.